The van der Waals surface area contributed by atoms with Gasteiger partial charge in [-0.1, -0.05) is 19.6 Å². The van der Waals surface area contributed by atoms with Crippen LogP contribution in [0, 0.1) is 0 Å². The molecule has 1 radical (unpaired) electrons. The first-order chi connectivity index (χ1) is 1.73. The van der Waals surface area contributed by atoms with Gasteiger partial charge in [0.2, 0.25) is 0 Å². The van der Waals surface area contributed by atoms with Gasteiger partial charge in [0, 0.05) is 27.7 Å². The summed E-state index contributed by atoms with van der Waals surface area (Å²) >= 11 is 0. The third-order valence-corrected chi connectivity index (χ3v) is 0. The summed E-state index contributed by atoms with van der Waals surface area (Å²) in [5, 5.41) is 0. The van der Waals surface area contributed by atoms with E-state index in [9.17, 15) is 0 Å². The first kappa shape index (κ1) is 9.26. The summed E-state index contributed by atoms with van der Waals surface area (Å²) in [6.07, 6.45) is 0. The fourth-order valence-electron chi connectivity index (χ4n) is 0. The SMILES string of the molecule is C[SiH](C)C.[Li]. The molecule has 0 N–H and O–H groups in total. The predicted octanol–water partition coefficient (Wildman–Crippen LogP) is 0.722. The fraction of sp³-hybridized carbons (Fsp3) is 1.00. The summed E-state index contributed by atoms with van der Waals surface area (Å²) in [7, 11) is -0.139. The Hall–Kier alpha value is 0.814. The van der Waals surface area contributed by atoms with E-state index in [1.54, 1.807) is 0 Å². The standard InChI is InChI=1S/C3H10Si.Li/c1-4(2)3;/h4H,1-3H3;. The summed E-state index contributed by atoms with van der Waals surface area (Å²) in [6, 6.07) is 0. The number of hydrogen-bond donors (Lipinski definition) is 0. The van der Waals surface area contributed by atoms with Crippen LogP contribution in [-0.4, -0.2) is 27.7 Å². The van der Waals surface area contributed by atoms with E-state index in [0.717, 1.165) is 0 Å². The number of hydrogen-bond acceptors (Lipinski definition) is 0. The molecule has 0 fully saturated rings. The Morgan fingerprint density at radius 3 is 1.00 bits per heavy atom. The van der Waals surface area contributed by atoms with Crippen molar-refractivity contribution in [3.05, 3.63) is 0 Å². The molecule has 0 spiro atoms. The molecule has 0 aliphatic heterocycles. The molecule has 0 aliphatic rings. The molecular weight excluding hydrogens is 71.1 g/mol. The summed E-state index contributed by atoms with van der Waals surface area (Å²) in [5.41, 5.74) is 0. The zero-order valence-electron chi connectivity index (χ0n) is 4.58. The molecule has 0 aromatic rings. The van der Waals surface area contributed by atoms with Gasteiger partial charge in [0.15, 0.2) is 0 Å². The molecule has 0 atom stereocenters. The first-order valence-corrected chi connectivity index (χ1v) is 5.20. The van der Waals surface area contributed by atoms with Gasteiger partial charge in [-0.2, -0.15) is 0 Å². The normalized spacial score (nSPS) is 7.20. The van der Waals surface area contributed by atoms with E-state index >= 15 is 0 Å². The molecule has 2 heteroatoms. The average Bonchev–Trinajstić information content (AvgIpc) is 0.811. The van der Waals surface area contributed by atoms with Crippen molar-refractivity contribution >= 4 is 27.7 Å². The minimum absolute atomic E-state index is 0. The Kier molecular flexibility index (Phi) is 8.92. The third-order valence-electron chi connectivity index (χ3n) is 0. The summed E-state index contributed by atoms with van der Waals surface area (Å²) in [4.78, 5) is 0. The van der Waals surface area contributed by atoms with Crippen molar-refractivity contribution < 1.29 is 0 Å². The quantitative estimate of drug-likeness (QED) is 0.377. The fourth-order valence-corrected chi connectivity index (χ4v) is 0. The van der Waals surface area contributed by atoms with Gasteiger partial charge in [0.05, 0.1) is 0 Å². The van der Waals surface area contributed by atoms with Gasteiger partial charge in [0.1, 0.15) is 0 Å². The molecule has 0 heterocycles. The Morgan fingerprint density at radius 1 is 1.00 bits per heavy atom. The van der Waals surface area contributed by atoms with E-state index < -0.39 is 0 Å². The summed E-state index contributed by atoms with van der Waals surface area (Å²) < 4.78 is 0. The second-order valence-electron chi connectivity index (χ2n) is 1.73. The molecule has 0 rings (SSSR count). The van der Waals surface area contributed by atoms with Crippen LogP contribution in [0.5, 0.6) is 0 Å². The molecule has 0 nitrogen and oxygen atoms in total. The van der Waals surface area contributed by atoms with E-state index in [1.165, 1.54) is 0 Å². The molecule has 5 heavy (non-hydrogen) atoms. The Bertz CT molecular complexity index is 11.6. The van der Waals surface area contributed by atoms with Crippen molar-refractivity contribution in [3.8, 4) is 0 Å². The van der Waals surface area contributed by atoms with Gasteiger partial charge in [-0.15, -0.1) is 0 Å². The van der Waals surface area contributed by atoms with Crippen LogP contribution in [0.2, 0.25) is 19.6 Å². The third kappa shape index (κ3) is 57.5. The van der Waals surface area contributed by atoms with Crippen LogP contribution in [0.3, 0.4) is 0 Å². The second kappa shape index (κ2) is 4.81. The summed E-state index contributed by atoms with van der Waals surface area (Å²) in [6.45, 7) is 6.92. The topological polar surface area (TPSA) is 0 Å². The van der Waals surface area contributed by atoms with Crippen LogP contribution in [-0.2, 0) is 0 Å². The monoisotopic (exact) mass is 81.1 g/mol. The Morgan fingerprint density at radius 2 is 1.00 bits per heavy atom. The molecule has 0 aromatic carbocycles. The van der Waals surface area contributed by atoms with Crippen LogP contribution >= 0.6 is 0 Å². The maximum atomic E-state index is 2.31. The minimum atomic E-state index is -0.139. The summed E-state index contributed by atoms with van der Waals surface area (Å²) in [5.74, 6) is 0. The minimum Gasteiger partial charge on any atom is -0.0724 e. The molecule has 0 aromatic heterocycles. The van der Waals surface area contributed by atoms with Crippen molar-refractivity contribution in [2.24, 2.45) is 0 Å². The van der Waals surface area contributed by atoms with Crippen molar-refractivity contribution in [2.75, 3.05) is 0 Å². The maximum absolute atomic E-state index is 2.31. The van der Waals surface area contributed by atoms with Crippen LogP contribution < -0.4 is 0 Å². The van der Waals surface area contributed by atoms with Gasteiger partial charge >= 0.3 is 0 Å². The molecular formula is C3H10LiSi. The molecule has 27 valence electrons. The van der Waals surface area contributed by atoms with Crippen molar-refractivity contribution in [3.63, 3.8) is 0 Å². The Balaban J connectivity index is 0. The second-order valence-corrected chi connectivity index (χ2v) is 5.20. The van der Waals surface area contributed by atoms with Crippen LogP contribution in [0.15, 0.2) is 0 Å². The van der Waals surface area contributed by atoms with Crippen molar-refractivity contribution in [1.82, 2.24) is 0 Å². The van der Waals surface area contributed by atoms with Gasteiger partial charge in [-0.3, -0.25) is 0 Å². The van der Waals surface area contributed by atoms with E-state index in [2.05, 4.69) is 19.6 Å². The smallest absolute Gasteiger partial charge is 0.0274 e. The Labute approximate surface area is 47.7 Å². The van der Waals surface area contributed by atoms with Crippen LogP contribution in [0.4, 0.5) is 0 Å². The van der Waals surface area contributed by atoms with Crippen molar-refractivity contribution in [2.45, 2.75) is 19.6 Å². The largest absolute Gasteiger partial charge is 0.0724 e. The molecule has 0 amide bonds. The van der Waals surface area contributed by atoms with E-state index in [-0.39, 0.29) is 27.7 Å². The van der Waals surface area contributed by atoms with E-state index in [1.807, 2.05) is 0 Å². The van der Waals surface area contributed by atoms with E-state index in [4.69, 9.17) is 0 Å². The molecule has 0 saturated carbocycles. The van der Waals surface area contributed by atoms with Crippen LogP contribution in [0.25, 0.3) is 0 Å². The first-order valence-electron chi connectivity index (χ1n) is 1.73. The zero-order chi connectivity index (χ0) is 3.58. The predicted molar refractivity (Wildman–Crippen MR) is 30.5 cm³/mol. The molecule has 0 saturated heterocycles. The molecule has 0 bridgehead atoms. The van der Waals surface area contributed by atoms with Gasteiger partial charge in [-0.25, -0.2) is 0 Å². The molecule has 0 aliphatic carbocycles. The van der Waals surface area contributed by atoms with E-state index in [0.29, 0.717) is 0 Å². The van der Waals surface area contributed by atoms with Crippen LogP contribution in [0.1, 0.15) is 0 Å². The average molecular weight is 81.1 g/mol. The molecule has 0 unspecified atom stereocenters. The van der Waals surface area contributed by atoms with Gasteiger partial charge in [0.25, 0.3) is 0 Å². The zero-order valence-corrected chi connectivity index (χ0v) is 5.73. The van der Waals surface area contributed by atoms with Crippen molar-refractivity contribution in [1.29, 1.82) is 0 Å². The van der Waals surface area contributed by atoms with Gasteiger partial charge in [-0.05, 0) is 0 Å². The van der Waals surface area contributed by atoms with Gasteiger partial charge < -0.3 is 0 Å². The maximum Gasteiger partial charge on any atom is 0.0274 e. The number of rotatable bonds is 0.